The minimum atomic E-state index is 0.0509. The molecule has 0 spiro atoms. The number of carbonyl (C=O) groups excluding carboxylic acids is 1. The number of carbonyl (C=O) groups is 1. The van der Waals surface area contributed by atoms with Gasteiger partial charge in [0.2, 0.25) is 0 Å². The number of nitrogens with zero attached hydrogens (tertiary/aromatic N) is 1. The van der Waals surface area contributed by atoms with Crippen molar-refractivity contribution < 1.29 is 4.79 Å². The first-order chi connectivity index (χ1) is 6.52. The van der Waals surface area contributed by atoms with Gasteiger partial charge in [0.05, 0.1) is 0 Å². The standard InChI is InChI=1S/C11H16N2O/c1-8-7-12-9(2)11(8)10(14)5-6-13(3)4/h5-7,12H,1-4H3/b6-5+. The van der Waals surface area contributed by atoms with E-state index in [0.717, 1.165) is 16.8 Å². The predicted molar refractivity (Wildman–Crippen MR) is 57.4 cm³/mol. The van der Waals surface area contributed by atoms with Gasteiger partial charge >= 0.3 is 0 Å². The van der Waals surface area contributed by atoms with Crippen molar-refractivity contribution in [2.45, 2.75) is 13.8 Å². The van der Waals surface area contributed by atoms with Crippen molar-refractivity contribution >= 4 is 5.78 Å². The Labute approximate surface area is 84.4 Å². The van der Waals surface area contributed by atoms with Crippen LogP contribution in [0.1, 0.15) is 21.6 Å². The molecule has 1 aromatic rings. The van der Waals surface area contributed by atoms with E-state index in [9.17, 15) is 4.79 Å². The van der Waals surface area contributed by atoms with Crippen LogP contribution in [0.3, 0.4) is 0 Å². The van der Waals surface area contributed by atoms with E-state index in [1.807, 2.05) is 39.0 Å². The number of allylic oxidation sites excluding steroid dienone is 1. The topological polar surface area (TPSA) is 36.1 Å². The summed E-state index contributed by atoms with van der Waals surface area (Å²) >= 11 is 0. The molecule has 76 valence electrons. The number of H-pyrrole nitrogens is 1. The quantitative estimate of drug-likeness (QED) is 0.586. The number of aryl methyl sites for hydroxylation is 2. The second-order valence-electron chi connectivity index (χ2n) is 3.62. The number of aromatic amines is 1. The summed E-state index contributed by atoms with van der Waals surface area (Å²) in [5.74, 6) is 0.0509. The molecule has 0 aliphatic carbocycles. The average molecular weight is 192 g/mol. The van der Waals surface area contributed by atoms with Gasteiger partial charge in [-0.25, -0.2) is 0 Å². The molecular formula is C11H16N2O. The summed E-state index contributed by atoms with van der Waals surface area (Å²) in [6.45, 7) is 3.84. The molecule has 14 heavy (non-hydrogen) atoms. The largest absolute Gasteiger partial charge is 0.383 e. The molecule has 3 heteroatoms. The van der Waals surface area contributed by atoms with Crippen LogP contribution in [0.25, 0.3) is 0 Å². The minimum Gasteiger partial charge on any atom is -0.383 e. The Kier molecular flexibility index (Phi) is 3.12. The summed E-state index contributed by atoms with van der Waals surface area (Å²) in [7, 11) is 3.78. The molecule has 0 aliphatic rings. The Morgan fingerprint density at radius 2 is 2.07 bits per heavy atom. The van der Waals surface area contributed by atoms with E-state index in [4.69, 9.17) is 0 Å². The van der Waals surface area contributed by atoms with Crippen molar-refractivity contribution in [2.75, 3.05) is 14.1 Å². The van der Waals surface area contributed by atoms with Crippen molar-refractivity contribution in [1.29, 1.82) is 0 Å². The Bertz CT molecular complexity index is 342. The minimum absolute atomic E-state index is 0.0509. The number of hydrogen-bond acceptors (Lipinski definition) is 2. The van der Waals surface area contributed by atoms with Crippen LogP contribution in [0.4, 0.5) is 0 Å². The third-order valence-electron chi connectivity index (χ3n) is 2.04. The van der Waals surface area contributed by atoms with E-state index in [0.29, 0.717) is 0 Å². The van der Waals surface area contributed by atoms with Gasteiger partial charge in [0, 0.05) is 43.8 Å². The number of nitrogens with one attached hydrogen (secondary N) is 1. The summed E-state index contributed by atoms with van der Waals surface area (Å²) < 4.78 is 0. The third kappa shape index (κ3) is 2.25. The molecule has 0 bridgehead atoms. The zero-order chi connectivity index (χ0) is 10.7. The molecule has 0 saturated heterocycles. The van der Waals surface area contributed by atoms with Gasteiger partial charge in [-0.15, -0.1) is 0 Å². The predicted octanol–water partition coefficient (Wildman–Crippen LogP) is 1.89. The monoisotopic (exact) mass is 192 g/mol. The number of rotatable bonds is 3. The molecule has 1 rings (SSSR count). The maximum Gasteiger partial charge on any atom is 0.189 e. The lowest BCUT2D eigenvalue weighted by Gasteiger charge is -2.03. The van der Waals surface area contributed by atoms with E-state index < -0.39 is 0 Å². The van der Waals surface area contributed by atoms with Gasteiger partial charge in [0.25, 0.3) is 0 Å². The normalized spacial score (nSPS) is 10.9. The van der Waals surface area contributed by atoms with Crippen LogP contribution in [0.2, 0.25) is 0 Å². The van der Waals surface area contributed by atoms with E-state index in [2.05, 4.69) is 4.98 Å². The number of ketones is 1. The first-order valence-electron chi connectivity index (χ1n) is 4.56. The SMILES string of the molecule is Cc1c[nH]c(C)c1C(=O)/C=C/N(C)C. The first-order valence-corrected chi connectivity index (χ1v) is 4.56. The molecule has 1 heterocycles. The molecule has 0 saturated carbocycles. The van der Waals surface area contributed by atoms with Gasteiger partial charge in [-0.1, -0.05) is 0 Å². The van der Waals surface area contributed by atoms with Crippen LogP contribution in [0.15, 0.2) is 18.5 Å². The van der Waals surface area contributed by atoms with Crippen molar-refractivity contribution in [1.82, 2.24) is 9.88 Å². The number of aromatic nitrogens is 1. The molecule has 0 aliphatic heterocycles. The van der Waals surface area contributed by atoms with Crippen molar-refractivity contribution in [3.05, 3.63) is 35.3 Å². The van der Waals surface area contributed by atoms with Crippen LogP contribution in [-0.2, 0) is 0 Å². The Balaban J connectivity index is 2.90. The van der Waals surface area contributed by atoms with Crippen LogP contribution in [-0.4, -0.2) is 29.8 Å². The van der Waals surface area contributed by atoms with Gasteiger partial charge in [0.15, 0.2) is 5.78 Å². The van der Waals surface area contributed by atoms with Crippen LogP contribution in [0.5, 0.6) is 0 Å². The van der Waals surface area contributed by atoms with E-state index in [1.54, 1.807) is 12.3 Å². The Morgan fingerprint density at radius 1 is 1.43 bits per heavy atom. The lowest BCUT2D eigenvalue weighted by atomic mass is 10.1. The maximum atomic E-state index is 11.7. The highest BCUT2D eigenvalue weighted by Crippen LogP contribution is 2.13. The highest BCUT2D eigenvalue weighted by atomic mass is 16.1. The molecule has 3 nitrogen and oxygen atoms in total. The fourth-order valence-electron chi connectivity index (χ4n) is 1.34. The highest BCUT2D eigenvalue weighted by molar-refractivity contribution is 6.06. The van der Waals surface area contributed by atoms with Gasteiger partial charge in [-0.2, -0.15) is 0 Å². The van der Waals surface area contributed by atoms with Gasteiger partial charge in [-0.05, 0) is 19.4 Å². The lowest BCUT2D eigenvalue weighted by Crippen LogP contribution is -2.04. The van der Waals surface area contributed by atoms with Crippen LogP contribution < -0.4 is 0 Å². The molecule has 0 atom stereocenters. The summed E-state index contributed by atoms with van der Waals surface area (Å²) in [6.07, 6.45) is 5.20. The molecule has 0 radical (unpaired) electrons. The van der Waals surface area contributed by atoms with E-state index in [-0.39, 0.29) is 5.78 Å². The smallest absolute Gasteiger partial charge is 0.189 e. The highest BCUT2D eigenvalue weighted by Gasteiger charge is 2.10. The molecule has 1 aromatic heterocycles. The fourth-order valence-corrected chi connectivity index (χ4v) is 1.34. The molecule has 0 amide bonds. The Morgan fingerprint density at radius 3 is 2.50 bits per heavy atom. The molecule has 0 fully saturated rings. The number of hydrogen-bond donors (Lipinski definition) is 1. The van der Waals surface area contributed by atoms with E-state index in [1.165, 1.54) is 0 Å². The van der Waals surface area contributed by atoms with Crippen molar-refractivity contribution in [2.24, 2.45) is 0 Å². The Hall–Kier alpha value is -1.51. The first kappa shape index (κ1) is 10.6. The van der Waals surface area contributed by atoms with Gasteiger partial charge < -0.3 is 9.88 Å². The summed E-state index contributed by atoms with van der Waals surface area (Å²) in [5.41, 5.74) is 2.70. The molecule has 0 unspecified atom stereocenters. The van der Waals surface area contributed by atoms with Gasteiger partial charge in [-0.3, -0.25) is 4.79 Å². The second-order valence-corrected chi connectivity index (χ2v) is 3.62. The van der Waals surface area contributed by atoms with Crippen molar-refractivity contribution in [3.8, 4) is 0 Å². The fraction of sp³-hybridized carbons (Fsp3) is 0.364. The lowest BCUT2D eigenvalue weighted by molar-refractivity contribution is 0.104. The molecular weight excluding hydrogens is 176 g/mol. The zero-order valence-electron chi connectivity index (χ0n) is 9.09. The molecule has 0 aromatic carbocycles. The average Bonchev–Trinajstić information content (AvgIpc) is 2.42. The maximum absolute atomic E-state index is 11.7. The van der Waals surface area contributed by atoms with Crippen molar-refractivity contribution in [3.63, 3.8) is 0 Å². The summed E-state index contributed by atoms with van der Waals surface area (Å²) in [6, 6.07) is 0. The summed E-state index contributed by atoms with van der Waals surface area (Å²) in [4.78, 5) is 16.6. The zero-order valence-corrected chi connectivity index (χ0v) is 9.09. The third-order valence-corrected chi connectivity index (χ3v) is 2.04. The second kappa shape index (κ2) is 4.13. The van der Waals surface area contributed by atoms with Gasteiger partial charge in [0.1, 0.15) is 0 Å². The molecule has 1 N–H and O–H groups in total. The van der Waals surface area contributed by atoms with E-state index >= 15 is 0 Å². The van der Waals surface area contributed by atoms with Crippen LogP contribution in [0, 0.1) is 13.8 Å². The summed E-state index contributed by atoms with van der Waals surface area (Å²) in [5, 5.41) is 0. The van der Waals surface area contributed by atoms with Crippen LogP contribution >= 0.6 is 0 Å².